The molecule has 1 saturated carbocycles. The number of likely N-dealkylation sites (tertiary alicyclic amines) is 1. The Morgan fingerprint density at radius 3 is 2.58 bits per heavy atom. The Bertz CT molecular complexity index is 912. The number of ether oxygens (including phenoxy) is 2. The lowest BCUT2D eigenvalue weighted by molar-refractivity contribution is -0.162. The number of esters is 1. The molecule has 1 aliphatic carbocycles. The van der Waals surface area contributed by atoms with Gasteiger partial charge in [-0.1, -0.05) is 38.3 Å². The van der Waals surface area contributed by atoms with Crippen LogP contribution in [0, 0.1) is 11.8 Å². The maximum Gasteiger partial charge on any atom is 0.312 e. The second-order valence-corrected chi connectivity index (χ2v) is 11.7. The largest absolute Gasteiger partial charge is 0.465 e. The molecule has 4 rings (SSSR count). The highest BCUT2D eigenvalue weighted by atomic mass is 16.6. The summed E-state index contributed by atoms with van der Waals surface area (Å²) in [5.41, 5.74) is -1.97. The summed E-state index contributed by atoms with van der Waals surface area (Å²) >= 11 is 0. The van der Waals surface area contributed by atoms with Crippen LogP contribution in [-0.2, 0) is 23.9 Å². The molecule has 2 bridgehead atoms. The molecule has 8 nitrogen and oxygen atoms in total. The van der Waals surface area contributed by atoms with Gasteiger partial charge < -0.3 is 24.4 Å². The van der Waals surface area contributed by atoms with Crippen LogP contribution in [0.15, 0.2) is 25.3 Å². The molecule has 6 atom stereocenters. The molecule has 0 radical (unpaired) electrons. The molecule has 2 amide bonds. The van der Waals surface area contributed by atoms with E-state index in [4.69, 9.17) is 9.47 Å². The molecule has 38 heavy (non-hydrogen) atoms. The van der Waals surface area contributed by atoms with Gasteiger partial charge in [-0.15, -0.1) is 13.2 Å². The molecule has 0 aromatic heterocycles. The fraction of sp³-hybridized carbons (Fsp3) is 0.767. The Morgan fingerprint density at radius 1 is 1.21 bits per heavy atom. The predicted octanol–water partition coefficient (Wildman–Crippen LogP) is 3.77. The number of rotatable bonds is 13. The fourth-order valence-corrected chi connectivity index (χ4v) is 7.57. The summed E-state index contributed by atoms with van der Waals surface area (Å²) in [5, 5.41) is 10.3. The summed E-state index contributed by atoms with van der Waals surface area (Å²) in [7, 11) is 0. The normalized spacial score (nSPS) is 33.2. The van der Waals surface area contributed by atoms with Gasteiger partial charge in [0.1, 0.15) is 17.6 Å². The second kappa shape index (κ2) is 11.9. The minimum atomic E-state index is -1.11. The van der Waals surface area contributed by atoms with E-state index < -0.39 is 41.1 Å². The van der Waals surface area contributed by atoms with Crippen LogP contribution in [0.4, 0.5) is 0 Å². The number of hydrogen-bond donors (Lipinski definition) is 1. The number of amides is 2. The van der Waals surface area contributed by atoms with Crippen LogP contribution in [-0.4, -0.2) is 81.8 Å². The van der Waals surface area contributed by atoms with E-state index in [0.717, 1.165) is 51.4 Å². The molecule has 0 aromatic carbocycles. The topological polar surface area (TPSA) is 96.4 Å². The van der Waals surface area contributed by atoms with Gasteiger partial charge in [0.25, 0.3) is 0 Å². The van der Waals surface area contributed by atoms with E-state index in [1.54, 1.807) is 11.0 Å². The van der Waals surface area contributed by atoms with Gasteiger partial charge in [-0.25, -0.2) is 0 Å². The zero-order chi connectivity index (χ0) is 27.5. The standard InChI is InChI=1S/C30H46N2O6/c1-5-8-9-13-19-37-28(36)24-23-26(34)32(21(7-3)20-33)25(30(23)17-16-29(24,4)38-30)27(35)31(18-6-2)22-14-11-10-12-15-22/h5-6,21-25,33H,1-2,7-20H2,3-4H3/t21-,23-,24-,25?,29+,30?/m0/s1. The lowest BCUT2D eigenvalue weighted by Crippen LogP contribution is -2.60. The first kappa shape index (κ1) is 28.8. The molecule has 212 valence electrons. The third kappa shape index (κ3) is 4.83. The van der Waals surface area contributed by atoms with Crippen molar-refractivity contribution in [2.24, 2.45) is 11.8 Å². The average molecular weight is 531 g/mol. The minimum absolute atomic E-state index is 0.0846. The summed E-state index contributed by atoms with van der Waals surface area (Å²) in [6, 6.07) is -1.33. The number of carbonyl (C=O) groups is 3. The summed E-state index contributed by atoms with van der Waals surface area (Å²) < 4.78 is 12.4. The van der Waals surface area contributed by atoms with Crippen LogP contribution in [0.1, 0.15) is 84.5 Å². The molecule has 3 aliphatic heterocycles. The van der Waals surface area contributed by atoms with Crippen molar-refractivity contribution in [3.63, 3.8) is 0 Å². The third-order valence-corrected chi connectivity index (χ3v) is 9.45. The first-order chi connectivity index (χ1) is 18.3. The number of aliphatic hydroxyl groups excluding tert-OH is 1. The monoisotopic (exact) mass is 530 g/mol. The van der Waals surface area contributed by atoms with Gasteiger partial charge in [0, 0.05) is 12.6 Å². The molecule has 4 aliphatic rings. The highest BCUT2D eigenvalue weighted by molar-refractivity contribution is 5.98. The van der Waals surface area contributed by atoms with E-state index in [0.29, 0.717) is 25.8 Å². The van der Waals surface area contributed by atoms with E-state index in [2.05, 4.69) is 13.2 Å². The Morgan fingerprint density at radius 2 is 1.95 bits per heavy atom. The summed E-state index contributed by atoms with van der Waals surface area (Å²) in [4.78, 5) is 45.6. The first-order valence-electron chi connectivity index (χ1n) is 14.6. The number of fused-ring (bicyclic) bond motifs is 1. The van der Waals surface area contributed by atoms with Crippen molar-refractivity contribution in [3.05, 3.63) is 25.3 Å². The van der Waals surface area contributed by atoms with E-state index in [1.807, 2.05) is 24.8 Å². The lowest BCUT2D eigenvalue weighted by atomic mass is 9.66. The van der Waals surface area contributed by atoms with Crippen LogP contribution >= 0.6 is 0 Å². The molecule has 8 heteroatoms. The Labute approximate surface area is 227 Å². The highest BCUT2D eigenvalue weighted by Crippen LogP contribution is 2.63. The third-order valence-electron chi connectivity index (χ3n) is 9.45. The van der Waals surface area contributed by atoms with Gasteiger partial charge in [-0.2, -0.15) is 0 Å². The Kier molecular flexibility index (Phi) is 9.03. The van der Waals surface area contributed by atoms with Crippen molar-refractivity contribution in [2.75, 3.05) is 19.8 Å². The molecule has 3 heterocycles. The van der Waals surface area contributed by atoms with Crippen molar-refractivity contribution in [2.45, 2.75) is 114 Å². The van der Waals surface area contributed by atoms with Crippen molar-refractivity contribution in [1.29, 1.82) is 0 Å². The number of carbonyl (C=O) groups excluding carboxylic acids is 3. The van der Waals surface area contributed by atoms with Gasteiger partial charge >= 0.3 is 5.97 Å². The number of allylic oxidation sites excluding steroid dienone is 1. The quantitative estimate of drug-likeness (QED) is 0.221. The van der Waals surface area contributed by atoms with E-state index >= 15 is 0 Å². The maximum absolute atomic E-state index is 14.5. The van der Waals surface area contributed by atoms with Crippen LogP contribution in [0.25, 0.3) is 0 Å². The molecule has 0 aromatic rings. The second-order valence-electron chi connectivity index (χ2n) is 11.7. The Hall–Kier alpha value is -2.19. The van der Waals surface area contributed by atoms with E-state index in [9.17, 15) is 19.5 Å². The minimum Gasteiger partial charge on any atom is -0.465 e. The van der Waals surface area contributed by atoms with Gasteiger partial charge in [0.15, 0.2) is 0 Å². The molecule has 4 fully saturated rings. The number of nitrogens with zero attached hydrogens (tertiary/aromatic N) is 2. The highest BCUT2D eigenvalue weighted by Gasteiger charge is 2.79. The smallest absolute Gasteiger partial charge is 0.312 e. The van der Waals surface area contributed by atoms with E-state index in [-0.39, 0.29) is 31.1 Å². The zero-order valence-electron chi connectivity index (χ0n) is 23.2. The number of aliphatic hydroxyl groups is 1. The first-order valence-corrected chi connectivity index (χ1v) is 14.6. The molecule has 2 unspecified atom stereocenters. The van der Waals surface area contributed by atoms with Crippen LogP contribution in [0.2, 0.25) is 0 Å². The fourth-order valence-electron chi connectivity index (χ4n) is 7.57. The average Bonchev–Trinajstić information content (AvgIpc) is 3.49. The van der Waals surface area contributed by atoms with Crippen molar-refractivity contribution in [3.8, 4) is 0 Å². The van der Waals surface area contributed by atoms with Gasteiger partial charge in [0.2, 0.25) is 11.8 Å². The molecule has 3 saturated heterocycles. The van der Waals surface area contributed by atoms with Crippen LogP contribution < -0.4 is 0 Å². The Balaban J connectivity index is 1.68. The van der Waals surface area contributed by atoms with Gasteiger partial charge in [0.05, 0.1) is 30.8 Å². The van der Waals surface area contributed by atoms with E-state index in [1.165, 1.54) is 0 Å². The number of unbranched alkanes of at least 4 members (excludes halogenated alkanes) is 2. The summed E-state index contributed by atoms with van der Waals surface area (Å²) in [6.45, 7) is 11.8. The number of hydrogen-bond acceptors (Lipinski definition) is 6. The molecule has 1 spiro atoms. The maximum atomic E-state index is 14.5. The zero-order valence-corrected chi connectivity index (χ0v) is 23.2. The van der Waals surface area contributed by atoms with Crippen molar-refractivity contribution < 1.29 is 29.0 Å². The van der Waals surface area contributed by atoms with Gasteiger partial charge in [-0.3, -0.25) is 14.4 Å². The van der Waals surface area contributed by atoms with Crippen molar-refractivity contribution >= 4 is 17.8 Å². The van der Waals surface area contributed by atoms with Crippen LogP contribution in [0.5, 0.6) is 0 Å². The predicted molar refractivity (Wildman–Crippen MR) is 144 cm³/mol. The van der Waals surface area contributed by atoms with Gasteiger partial charge in [-0.05, 0) is 58.3 Å². The molecule has 1 N–H and O–H groups in total. The SMILES string of the molecule is C=CCCCCOC(=O)[C@@H]1[C@H]2C(=O)N([C@@H](CC)CO)C(C(=O)N(CC=C)C3CCCCC3)C23CC[C@@]1(C)O3. The molecular weight excluding hydrogens is 484 g/mol. The lowest BCUT2D eigenvalue weighted by Gasteiger charge is -2.42. The van der Waals surface area contributed by atoms with Crippen molar-refractivity contribution in [1.82, 2.24) is 9.80 Å². The summed E-state index contributed by atoms with van der Waals surface area (Å²) in [5.74, 6) is -2.42. The summed E-state index contributed by atoms with van der Waals surface area (Å²) in [6.07, 6.45) is 12.8. The van der Waals surface area contributed by atoms with Crippen LogP contribution in [0.3, 0.4) is 0 Å². The molecular formula is C30H46N2O6.